The molecule has 5 aromatic rings. The minimum atomic E-state index is -1.15. The number of carbonyl (C=O) groups is 6. The Morgan fingerprint density at radius 1 is 0.708 bits per heavy atom. The van der Waals surface area contributed by atoms with Crippen LogP contribution in [0.1, 0.15) is 57.1 Å². The van der Waals surface area contributed by atoms with Crippen molar-refractivity contribution in [2.75, 3.05) is 108 Å². The summed E-state index contributed by atoms with van der Waals surface area (Å²) < 4.78 is 28.1. The van der Waals surface area contributed by atoms with Crippen LogP contribution in [0.15, 0.2) is 84.9 Å². The summed E-state index contributed by atoms with van der Waals surface area (Å²) in [4.78, 5) is 84.7. The Kier molecular flexibility index (Phi) is 17.1. The summed E-state index contributed by atoms with van der Waals surface area (Å²) in [5.74, 6) is -0.839. The first-order valence-electron chi connectivity index (χ1n) is 23.5. The van der Waals surface area contributed by atoms with Crippen molar-refractivity contribution in [3.63, 3.8) is 0 Å². The zero-order valence-corrected chi connectivity index (χ0v) is 42.4. The number of fused-ring (bicyclic) bond motifs is 6. The Hall–Kier alpha value is -6.12. The zero-order valence-electron chi connectivity index (χ0n) is 40.1. The molecule has 380 valence electrons. The number of thiophene rings is 1. The van der Waals surface area contributed by atoms with Gasteiger partial charge in [-0.25, -0.2) is 4.79 Å². The van der Waals surface area contributed by atoms with Gasteiger partial charge in [0.2, 0.25) is 5.91 Å². The second-order valence-electron chi connectivity index (χ2n) is 17.5. The zero-order chi connectivity index (χ0) is 51.1. The van der Waals surface area contributed by atoms with Gasteiger partial charge in [-0.2, -0.15) is 0 Å². The first kappa shape index (κ1) is 52.2. The number of carbonyl (C=O) groups excluding carboxylic acids is 6. The first-order valence-corrected chi connectivity index (χ1v) is 25.4. The van der Waals surface area contributed by atoms with E-state index in [4.69, 9.17) is 46.9 Å². The van der Waals surface area contributed by atoms with Crippen LogP contribution in [0, 0.1) is 0 Å². The summed E-state index contributed by atoms with van der Waals surface area (Å²) in [6.45, 7) is 4.14. The Morgan fingerprint density at radius 3 is 1.88 bits per heavy atom. The monoisotopic (exact) mass is 1040 g/mol. The van der Waals surface area contributed by atoms with E-state index < -0.39 is 18.3 Å². The number of ether oxygens (including phenoxy) is 5. The number of amides is 5. The summed E-state index contributed by atoms with van der Waals surface area (Å²) in [6.07, 6.45) is 0.781. The van der Waals surface area contributed by atoms with Gasteiger partial charge in [0.15, 0.2) is 6.23 Å². The van der Waals surface area contributed by atoms with Crippen LogP contribution in [-0.4, -0.2) is 154 Å². The van der Waals surface area contributed by atoms with E-state index in [0.717, 1.165) is 32.2 Å². The maximum absolute atomic E-state index is 14.6. The number of anilines is 2. The fraction of sp³-hybridized carbons (Fsp3) is 0.385. The lowest BCUT2D eigenvalue weighted by Gasteiger charge is -2.26. The van der Waals surface area contributed by atoms with E-state index in [-0.39, 0.29) is 106 Å². The minimum absolute atomic E-state index is 0.124. The van der Waals surface area contributed by atoms with Crippen molar-refractivity contribution in [3.8, 4) is 11.5 Å². The summed E-state index contributed by atoms with van der Waals surface area (Å²) in [6, 6.07) is 22.0. The predicted octanol–water partition coefficient (Wildman–Crippen LogP) is 7.05. The van der Waals surface area contributed by atoms with Gasteiger partial charge in [-0.05, 0) is 34.0 Å². The molecule has 0 fully saturated rings. The third-order valence-corrected chi connectivity index (χ3v) is 14.7. The van der Waals surface area contributed by atoms with Crippen LogP contribution in [0.3, 0.4) is 0 Å². The molecule has 0 aliphatic carbocycles. The third kappa shape index (κ3) is 11.4. The van der Waals surface area contributed by atoms with Crippen LogP contribution in [0.2, 0.25) is 0 Å². The van der Waals surface area contributed by atoms with Crippen molar-refractivity contribution in [2.45, 2.75) is 31.4 Å². The minimum Gasteiger partial charge on any atom is -0.426 e. The molecule has 3 aliphatic heterocycles. The van der Waals surface area contributed by atoms with Gasteiger partial charge in [0.25, 0.3) is 17.7 Å². The Balaban J connectivity index is 0.861. The molecule has 0 bridgehead atoms. The number of aliphatic hydroxyl groups excluding tert-OH is 1. The number of imide groups is 1. The number of nitrogens with zero attached hydrogens (tertiary/aromatic N) is 5. The normalized spacial score (nSPS) is 16.4. The highest BCUT2D eigenvalue weighted by Gasteiger charge is 2.38. The van der Waals surface area contributed by atoms with Crippen molar-refractivity contribution < 1.29 is 57.6 Å². The summed E-state index contributed by atoms with van der Waals surface area (Å²) in [7, 11) is 3.23. The Labute approximate surface area is 430 Å². The standard InChI is InChI=1S/C52H55Cl2N5O12S/c1-32(60)70-41-26-39-48(37-10-6-4-8-35(37)41)33(28-53)30-58(39)50(64)43-12-13-44(72-43)51(65)59-31-34(29-54)49-38-11-7-5-9-36(38)42(27-40(49)59)71-52(66)56(3)18-17-55(2)45(61)16-20-67-22-24-69-25-23-68-21-19-57-46(62)14-15-47(57)63/h4-15,26-27,33-34,50,64H,16-25,28-31H2,1-3H3/t33-,34-,50?/m1/s1. The highest BCUT2D eigenvalue weighted by molar-refractivity contribution is 7.14. The van der Waals surface area contributed by atoms with Crippen LogP contribution in [0.25, 0.3) is 21.5 Å². The maximum atomic E-state index is 14.6. The molecule has 72 heavy (non-hydrogen) atoms. The Bertz CT molecular complexity index is 2880. The number of hydrogen-bond donors (Lipinski definition) is 1. The smallest absolute Gasteiger partial charge is 0.415 e. The average Bonchev–Trinajstić information content (AvgIpc) is 4.19. The number of alkyl halides is 2. The topological polar surface area (TPSA) is 185 Å². The van der Waals surface area contributed by atoms with Crippen molar-refractivity contribution in [3.05, 3.63) is 106 Å². The molecule has 4 aromatic carbocycles. The number of esters is 1. The SMILES string of the molecule is CC(=O)Oc1cc2c(c3ccccc13)[C@H](CCl)CN2C(O)c1ccc(C(=O)N2C[C@@H](CCl)c3c2cc(OC(=O)N(C)CCN(C)C(=O)CCOCCOCCOCCN2C(=O)C=CC2=O)c2ccccc32)s1. The van der Waals surface area contributed by atoms with Gasteiger partial charge in [-0.3, -0.25) is 28.9 Å². The molecule has 20 heteroatoms. The van der Waals surface area contributed by atoms with Gasteiger partial charge in [-0.1, -0.05) is 48.5 Å². The number of rotatable bonds is 22. The molecule has 1 aromatic heterocycles. The number of aliphatic hydroxyl groups is 1. The summed E-state index contributed by atoms with van der Waals surface area (Å²) in [5.41, 5.74) is 3.06. The van der Waals surface area contributed by atoms with E-state index in [9.17, 15) is 33.9 Å². The van der Waals surface area contributed by atoms with Crippen molar-refractivity contribution in [2.24, 2.45) is 0 Å². The van der Waals surface area contributed by atoms with Gasteiger partial charge < -0.3 is 48.4 Å². The quantitative estimate of drug-likeness (QED) is 0.0245. The van der Waals surface area contributed by atoms with Crippen molar-refractivity contribution in [1.29, 1.82) is 0 Å². The lowest BCUT2D eigenvalue weighted by atomic mass is 9.95. The molecular formula is C52H55Cl2N5O12S. The van der Waals surface area contributed by atoms with Gasteiger partial charge in [0.05, 0.1) is 68.0 Å². The van der Waals surface area contributed by atoms with Gasteiger partial charge in [0, 0.05) is 112 Å². The predicted molar refractivity (Wildman–Crippen MR) is 274 cm³/mol. The second-order valence-corrected chi connectivity index (χ2v) is 19.2. The Morgan fingerprint density at radius 2 is 1.25 bits per heavy atom. The van der Waals surface area contributed by atoms with Crippen LogP contribution in [-0.2, 0) is 33.4 Å². The van der Waals surface area contributed by atoms with Crippen LogP contribution >= 0.6 is 34.5 Å². The maximum Gasteiger partial charge on any atom is 0.415 e. The highest BCUT2D eigenvalue weighted by Crippen LogP contribution is 2.50. The molecule has 3 atom stereocenters. The van der Waals surface area contributed by atoms with Crippen molar-refractivity contribution in [1.82, 2.24) is 14.7 Å². The van der Waals surface area contributed by atoms with Crippen LogP contribution in [0.4, 0.5) is 16.2 Å². The molecule has 4 heterocycles. The third-order valence-electron chi connectivity index (χ3n) is 12.8. The van der Waals surface area contributed by atoms with Gasteiger partial charge in [0.1, 0.15) is 11.5 Å². The lowest BCUT2D eigenvalue weighted by molar-refractivity contribution is -0.138. The molecule has 1 N–H and O–H groups in total. The highest BCUT2D eigenvalue weighted by atomic mass is 35.5. The van der Waals surface area contributed by atoms with Crippen LogP contribution in [0.5, 0.6) is 11.5 Å². The second kappa shape index (κ2) is 23.6. The molecule has 0 spiro atoms. The van der Waals surface area contributed by atoms with E-state index in [2.05, 4.69) is 0 Å². The number of halogens is 2. The fourth-order valence-corrected chi connectivity index (χ4v) is 10.6. The molecule has 8 rings (SSSR count). The van der Waals surface area contributed by atoms with Crippen molar-refractivity contribution >= 4 is 103 Å². The number of hydrogen-bond acceptors (Lipinski definition) is 14. The fourth-order valence-electron chi connectivity index (χ4n) is 9.14. The van der Waals surface area contributed by atoms with Gasteiger partial charge >= 0.3 is 12.1 Å². The van der Waals surface area contributed by atoms with Crippen LogP contribution < -0.4 is 19.3 Å². The number of benzene rings is 4. The average molecular weight is 1050 g/mol. The van der Waals surface area contributed by atoms with E-state index in [0.29, 0.717) is 57.9 Å². The van der Waals surface area contributed by atoms with E-state index in [1.54, 1.807) is 43.3 Å². The lowest BCUT2D eigenvalue weighted by Crippen LogP contribution is -2.38. The molecular weight excluding hydrogens is 990 g/mol. The van der Waals surface area contributed by atoms with E-state index >= 15 is 0 Å². The summed E-state index contributed by atoms with van der Waals surface area (Å²) >= 11 is 14.3. The molecule has 5 amide bonds. The first-order chi connectivity index (χ1) is 34.8. The van der Waals surface area contributed by atoms with E-state index in [1.165, 1.54) is 40.2 Å². The largest absolute Gasteiger partial charge is 0.426 e. The molecule has 0 saturated carbocycles. The summed E-state index contributed by atoms with van der Waals surface area (Å²) in [5, 5.41) is 15.1. The number of likely N-dealkylation sites (N-methyl/N-ethyl adjacent to an activating group) is 2. The van der Waals surface area contributed by atoms with E-state index in [1.807, 2.05) is 53.4 Å². The molecule has 1 unspecified atom stereocenters. The van der Waals surface area contributed by atoms with Gasteiger partial charge in [-0.15, -0.1) is 34.5 Å². The molecule has 17 nitrogen and oxygen atoms in total. The molecule has 3 aliphatic rings. The molecule has 0 saturated heterocycles. The molecule has 0 radical (unpaired) electrons.